The van der Waals surface area contributed by atoms with Gasteiger partial charge in [-0.3, -0.25) is 4.79 Å². The van der Waals surface area contributed by atoms with Gasteiger partial charge in [-0.05, 0) is 18.2 Å². The largest absolute Gasteiger partial charge is 0.468 e. The lowest BCUT2D eigenvalue weighted by atomic mass is 9.85. The van der Waals surface area contributed by atoms with Crippen LogP contribution in [-0.4, -0.2) is 26.2 Å². The van der Waals surface area contributed by atoms with Crippen molar-refractivity contribution in [2.24, 2.45) is 0 Å². The van der Waals surface area contributed by atoms with E-state index in [1.54, 1.807) is 7.05 Å². The zero-order valence-electron chi connectivity index (χ0n) is 11.7. The predicted octanol–water partition coefficient (Wildman–Crippen LogP) is 2.58. The third kappa shape index (κ3) is 3.06. The summed E-state index contributed by atoms with van der Waals surface area (Å²) in [6.07, 6.45) is 0. The molecule has 0 aliphatic heterocycles. The molecule has 0 aromatic heterocycles. The van der Waals surface area contributed by atoms with Gasteiger partial charge in [0.2, 0.25) is 0 Å². The lowest BCUT2D eigenvalue weighted by molar-refractivity contribution is -0.143. The number of hydrogen-bond donors (Lipinski definition) is 1. The van der Waals surface area contributed by atoms with Crippen LogP contribution in [0.1, 0.15) is 17.0 Å². The number of esters is 1. The zero-order valence-corrected chi connectivity index (χ0v) is 11.7. The van der Waals surface area contributed by atoms with Crippen LogP contribution in [0.3, 0.4) is 0 Å². The van der Waals surface area contributed by atoms with Crippen LogP contribution in [0, 0.1) is 0 Å². The van der Waals surface area contributed by atoms with Gasteiger partial charge in [-0.1, -0.05) is 60.7 Å². The fourth-order valence-electron chi connectivity index (χ4n) is 2.45. The maximum absolute atomic E-state index is 12.0. The van der Waals surface area contributed by atoms with Crippen LogP contribution in [0.15, 0.2) is 60.7 Å². The first-order valence-electron chi connectivity index (χ1n) is 6.63. The van der Waals surface area contributed by atoms with Crippen molar-refractivity contribution in [3.05, 3.63) is 71.8 Å². The molecule has 2 aromatic carbocycles. The summed E-state index contributed by atoms with van der Waals surface area (Å²) in [6, 6.07) is 19.6. The van der Waals surface area contributed by atoms with Crippen LogP contribution in [0.25, 0.3) is 0 Å². The molecule has 1 atom stereocenters. The molecule has 0 fully saturated rings. The van der Waals surface area contributed by atoms with Crippen molar-refractivity contribution in [3.8, 4) is 0 Å². The highest BCUT2D eigenvalue weighted by Crippen LogP contribution is 2.28. The molecule has 0 radical (unpaired) electrons. The first-order chi connectivity index (χ1) is 9.77. The maximum atomic E-state index is 12.0. The van der Waals surface area contributed by atoms with Crippen molar-refractivity contribution < 1.29 is 9.53 Å². The minimum Gasteiger partial charge on any atom is -0.468 e. The first kappa shape index (κ1) is 14.3. The highest BCUT2D eigenvalue weighted by molar-refractivity contribution is 5.78. The van der Waals surface area contributed by atoms with Crippen LogP contribution in [0.5, 0.6) is 0 Å². The van der Waals surface area contributed by atoms with Crippen molar-refractivity contribution in [1.29, 1.82) is 0 Å². The van der Waals surface area contributed by atoms with E-state index in [1.807, 2.05) is 60.7 Å². The minimum atomic E-state index is -0.412. The number of methoxy groups -OCH3 is 1. The van der Waals surface area contributed by atoms with Gasteiger partial charge in [0.25, 0.3) is 0 Å². The lowest BCUT2D eigenvalue weighted by Crippen LogP contribution is -2.40. The first-order valence-corrected chi connectivity index (χ1v) is 6.63. The molecule has 2 rings (SSSR count). The van der Waals surface area contributed by atoms with E-state index in [4.69, 9.17) is 4.74 Å². The Bertz CT molecular complexity index is 500. The second-order valence-corrected chi connectivity index (χ2v) is 4.59. The van der Waals surface area contributed by atoms with Crippen LogP contribution < -0.4 is 5.32 Å². The van der Waals surface area contributed by atoms with E-state index < -0.39 is 6.04 Å². The van der Waals surface area contributed by atoms with Gasteiger partial charge in [0, 0.05) is 5.92 Å². The second-order valence-electron chi connectivity index (χ2n) is 4.59. The molecule has 0 aliphatic carbocycles. The summed E-state index contributed by atoms with van der Waals surface area (Å²) < 4.78 is 4.93. The Labute approximate surface area is 119 Å². The Balaban J connectivity index is 2.47. The molecule has 0 amide bonds. The number of benzene rings is 2. The molecular weight excluding hydrogens is 250 g/mol. The van der Waals surface area contributed by atoms with E-state index in [1.165, 1.54) is 7.11 Å². The van der Waals surface area contributed by atoms with E-state index in [2.05, 4.69) is 5.32 Å². The molecule has 0 bridgehead atoms. The highest BCUT2D eigenvalue weighted by Gasteiger charge is 2.30. The van der Waals surface area contributed by atoms with Gasteiger partial charge in [-0.25, -0.2) is 0 Å². The van der Waals surface area contributed by atoms with Crippen LogP contribution in [0.2, 0.25) is 0 Å². The fraction of sp³-hybridized carbons (Fsp3) is 0.235. The fourth-order valence-corrected chi connectivity index (χ4v) is 2.45. The molecule has 0 spiro atoms. The average Bonchev–Trinajstić information content (AvgIpc) is 2.53. The third-order valence-corrected chi connectivity index (χ3v) is 3.42. The van der Waals surface area contributed by atoms with Crippen LogP contribution >= 0.6 is 0 Å². The normalized spacial score (nSPS) is 12.2. The second kappa shape index (κ2) is 6.87. The molecule has 1 N–H and O–H groups in total. The molecule has 20 heavy (non-hydrogen) atoms. The highest BCUT2D eigenvalue weighted by atomic mass is 16.5. The number of nitrogens with one attached hydrogen (secondary N) is 1. The van der Waals surface area contributed by atoms with Crippen molar-refractivity contribution in [2.75, 3.05) is 14.2 Å². The summed E-state index contributed by atoms with van der Waals surface area (Å²) in [5.74, 6) is -0.333. The number of hydrogen-bond acceptors (Lipinski definition) is 3. The summed E-state index contributed by atoms with van der Waals surface area (Å²) in [7, 11) is 3.19. The van der Waals surface area contributed by atoms with E-state index in [0.717, 1.165) is 11.1 Å². The molecule has 3 heteroatoms. The Hall–Kier alpha value is -2.13. The summed E-state index contributed by atoms with van der Waals surface area (Å²) >= 11 is 0. The van der Waals surface area contributed by atoms with Crippen molar-refractivity contribution in [3.63, 3.8) is 0 Å². The summed E-state index contributed by atoms with van der Waals surface area (Å²) in [5.41, 5.74) is 2.17. The standard InChI is InChI=1S/C17H19NO2/c1-18-16(17(19)20-2)15(13-9-5-3-6-10-13)14-11-7-4-8-12-14/h3-12,15-16,18H,1-2H3/t16-/m0/s1. The summed E-state index contributed by atoms with van der Waals surface area (Å²) in [5, 5.41) is 3.08. The third-order valence-electron chi connectivity index (χ3n) is 3.42. The Morgan fingerprint density at radius 3 is 1.75 bits per heavy atom. The lowest BCUT2D eigenvalue weighted by Gasteiger charge is -2.25. The van der Waals surface area contributed by atoms with Gasteiger partial charge in [0.05, 0.1) is 7.11 Å². The predicted molar refractivity (Wildman–Crippen MR) is 79.6 cm³/mol. The summed E-state index contributed by atoms with van der Waals surface area (Å²) in [6.45, 7) is 0. The smallest absolute Gasteiger partial charge is 0.323 e. The van der Waals surface area contributed by atoms with E-state index in [-0.39, 0.29) is 11.9 Å². The SMILES string of the molecule is CN[C@H](C(=O)OC)C(c1ccccc1)c1ccccc1. The van der Waals surface area contributed by atoms with Gasteiger partial charge in [0.1, 0.15) is 6.04 Å². The quantitative estimate of drug-likeness (QED) is 0.848. The molecule has 3 nitrogen and oxygen atoms in total. The Morgan fingerprint density at radius 2 is 1.40 bits per heavy atom. The molecule has 0 saturated carbocycles. The number of rotatable bonds is 5. The zero-order chi connectivity index (χ0) is 14.4. The van der Waals surface area contributed by atoms with Crippen molar-refractivity contribution >= 4 is 5.97 Å². The molecule has 0 unspecified atom stereocenters. The van der Waals surface area contributed by atoms with Crippen molar-refractivity contribution in [2.45, 2.75) is 12.0 Å². The van der Waals surface area contributed by atoms with Gasteiger partial charge in [0.15, 0.2) is 0 Å². The topological polar surface area (TPSA) is 38.3 Å². The van der Waals surface area contributed by atoms with Gasteiger partial charge >= 0.3 is 5.97 Å². The number of ether oxygens (including phenoxy) is 1. The molecule has 0 heterocycles. The average molecular weight is 269 g/mol. The van der Waals surface area contributed by atoms with E-state index in [9.17, 15) is 4.79 Å². The Kier molecular flexibility index (Phi) is 4.91. The molecule has 2 aromatic rings. The Morgan fingerprint density at radius 1 is 0.950 bits per heavy atom. The minimum absolute atomic E-state index is 0.0742. The molecule has 104 valence electrons. The van der Waals surface area contributed by atoms with Crippen LogP contribution in [0.4, 0.5) is 0 Å². The van der Waals surface area contributed by atoms with Gasteiger partial charge < -0.3 is 10.1 Å². The summed E-state index contributed by atoms with van der Waals surface area (Å²) in [4.78, 5) is 12.0. The number of carbonyl (C=O) groups is 1. The molecule has 0 aliphatic rings. The van der Waals surface area contributed by atoms with E-state index >= 15 is 0 Å². The van der Waals surface area contributed by atoms with Gasteiger partial charge in [-0.2, -0.15) is 0 Å². The van der Waals surface area contributed by atoms with E-state index in [0.29, 0.717) is 0 Å². The number of likely N-dealkylation sites (N-methyl/N-ethyl adjacent to an activating group) is 1. The number of carbonyl (C=O) groups excluding carboxylic acids is 1. The molecular formula is C17H19NO2. The van der Waals surface area contributed by atoms with Gasteiger partial charge in [-0.15, -0.1) is 0 Å². The maximum Gasteiger partial charge on any atom is 0.323 e. The monoisotopic (exact) mass is 269 g/mol. The molecule has 0 saturated heterocycles. The van der Waals surface area contributed by atoms with Crippen LogP contribution in [-0.2, 0) is 9.53 Å². The van der Waals surface area contributed by atoms with Crippen molar-refractivity contribution in [1.82, 2.24) is 5.32 Å².